The molecule has 2 aromatic heterocycles. The number of carboxylic acids is 1. The van der Waals surface area contributed by atoms with Crippen LogP contribution in [0, 0.1) is 13.8 Å². The first kappa shape index (κ1) is 13.9. The first-order valence-corrected chi connectivity index (χ1v) is 6.04. The van der Waals surface area contributed by atoms with Crippen LogP contribution in [0.4, 0.5) is 0 Å². The summed E-state index contributed by atoms with van der Waals surface area (Å²) in [5, 5.41) is 16.6. The Balaban J connectivity index is 2.48. The van der Waals surface area contributed by atoms with Gasteiger partial charge < -0.3 is 5.11 Å². The van der Waals surface area contributed by atoms with Gasteiger partial charge in [0, 0.05) is 23.1 Å². The molecule has 20 heavy (non-hydrogen) atoms. The molecule has 0 spiro atoms. The van der Waals surface area contributed by atoms with Gasteiger partial charge in [0.05, 0.1) is 18.7 Å². The Morgan fingerprint density at radius 2 is 2.15 bits per heavy atom. The van der Waals surface area contributed by atoms with Crippen molar-refractivity contribution < 1.29 is 9.90 Å². The highest BCUT2D eigenvalue weighted by Crippen LogP contribution is 2.11. The van der Waals surface area contributed by atoms with Crippen LogP contribution in [-0.2, 0) is 17.8 Å². The van der Waals surface area contributed by atoms with Gasteiger partial charge in [0.15, 0.2) is 0 Å². The van der Waals surface area contributed by atoms with Gasteiger partial charge in [-0.2, -0.15) is 15.2 Å². The molecule has 0 aromatic carbocycles. The SMILES string of the molecule is Cc1nc(=O)n(Cc2cccnn2)c(C)c1CC(=O)O. The molecule has 7 nitrogen and oxygen atoms in total. The number of hydrogen-bond acceptors (Lipinski definition) is 5. The predicted octanol–water partition coefficient (Wildman–Crippen LogP) is 0.326. The van der Waals surface area contributed by atoms with Crippen molar-refractivity contribution in [2.24, 2.45) is 0 Å². The average Bonchev–Trinajstić information content (AvgIpc) is 2.40. The van der Waals surface area contributed by atoms with E-state index in [0.29, 0.717) is 22.6 Å². The van der Waals surface area contributed by atoms with Crippen molar-refractivity contribution in [2.75, 3.05) is 0 Å². The Bertz CT molecular complexity index is 695. The molecule has 2 heterocycles. The highest BCUT2D eigenvalue weighted by atomic mass is 16.4. The molecule has 0 radical (unpaired) electrons. The fraction of sp³-hybridized carbons (Fsp3) is 0.308. The maximum atomic E-state index is 12.0. The molecule has 0 saturated carbocycles. The summed E-state index contributed by atoms with van der Waals surface area (Å²) in [6.45, 7) is 3.57. The zero-order chi connectivity index (χ0) is 14.7. The fourth-order valence-corrected chi connectivity index (χ4v) is 2.01. The first-order valence-electron chi connectivity index (χ1n) is 6.04. The van der Waals surface area contributed by atoms with Crippen molar-refractivity contribution in [3.63, 3.8) is 0 Å². The van der Waals surface area contributed by atoms with E-state index in [4.69, 9.17) is 5.11 Å². The van der Waals surface area contributed by atoms with Crippen LogP contribution >= 0.6 is 0 Å². The number of rotatable bonds is 4. The number of carboxylic acid groups (broad SMARTS) is 1. The van der Waals surface area contributed by atoms with Gasteiger partial charge in [-0.1, -0.05) is 0 Å². The van der Waals surface area contributed by atoms with Gasteiger partial charge in [0.1, 0.15) is 0 Å². The lowest BCUT2D eigenvalue weighted by atomic mass is 10.1. The second-order valence-corrected chi connectivity index (χ2v) is 4.42. The third kappa shape index (κ3) is 2.87. The molecule has 0 atom stereocenters. The molecule has 0 unspecified atom stereocenters. The summed E-state index contributed by atoms with van der Waals surface area (Å²) in [7, 11) is 0. The Kier molecular flexibility index (Phi) is 3.88. The Morgan fingerprint density at radius 3 is 2.75 bits per heavy atom. The van der Waals surface area contributed by atoms with Crippen molar-refractivity contribution in [3.8, 4) is 0 Å². The van der Waals surface area contributed by atoms with Crippen LogP contribution in [0.15, 0.2) is 23.1 Å². The lowest BCUT2D eigenvalue weighted by Gasteiger charge is -2.13. The predicted molar refractivity (Wildman–Crippen MR) is 70.4 cm³/mol. The Morgan fingerprint density at radius 1 is 1.40 bits per heavy atom. The molecule has 1 N–H and O–H groups in total. The van der Waals surface area contributed by atoms with E-state index >= 15 is 0 Å². The molecule has 0 bridgehead atoms. The van der Waals surface area contributed by atoms with Gasteiger partial charge >= 0.3 is 11.7 Å². The molecule has 0 amide bonds. The second-order valence-electron chi connectivity index (χ2n) is 4.42. The number of carbonyl (C=O) groups is 1. The van der Waals surface area contributed by atoms with Crippen LogP contribution in [0.5, 0.6) is 0 Å². The van der Waals surface area contributed by atoms with Crippen LogP contribution in [0.3, 0.4) is 0 Å². The minimum Gasteiger partial charge on any atom is -0.481 e. The normalized spacial score (nSPS) is 10.5. The second kappa shape index (κ2) is 5.60. The zero-order valence-electron chi connectivity index (χ0n) is 11.2. The standard InChI is InChI=1S/C13H14N4O3/c1-8-11(6-12(18)19)9(2)17(13(20)15-8)7-10-4-3-5-14-16-10/h3-5H,6-7H2,1-2H3,(H,18,19). The number of aromatic nitrogens is 4. The molecule has 2 aromatic rings. The summed E-state index contributed by atoms with van der Waals surface area (Å²) in [6.07, 6.45) is 1.38. The smallest absolute Gasteiger partial charge is 0.348 e. The van der Waals surface area contributed by atoms with Crippen LogP contribution in [0.25, 0.3) is 0 Å². The molecule has 0 saturated heterocycles. The lowest BCUT2D eigenvalue weighted by molar-refractivity contribution is -0.136. The van der Waals surface area contributed by atoms with Gasteiger partial charge in [-0.15, -0.1) is 0 Å². The largest absolute Gasteiger partial charge is 0.481 e. The molecule has 0 aliphatic rings. The van der Waals surface area contributed by atoms with Crippen molar-refractivity contribution in [1.82, 2.24) is 19.7 Å². The number of aryl methyl sites for hydroxylation is 1. The molecule has 104 valence electrons. The Labute approximate surface area is 114 Å². The van der Waals surface area contributed by atoms with E-state index in [1.807, 2.05) is 0 Å². The van der Waals surface area contributed by atoms with Crippen molar-refractivity contribution in [1.29, 1.82) is 0 Å². The van der Waals surface area contributed by atoms with Gasteiger partial charge in [0.2, 0.25) is 0 Å². The number of aliphatic carboxylic acids is 1. The third-order valence-electron chi connectivity index (χ3n) is 3.05. The van der Waals surface area contributed by atoms with E-state index in [2.05, 4.69) is 15.2 Å². The molecule has 7 heteroatoms. The molecule has 0 aliphatic carbocycles. The number of hydrogen-bond donors (Lipinski definition) is 1. The maximum Gasteiger partial charge on any atom is 0.348 e. The van der Waals surface area contributed by atoms with Crippen molar-refractivity contribution in [2.45, 2.75) is 26.8 Å². The van der Waals surface area contributed by atoms with Gasteiger partial charge in [0.25, 0.3) is 0 Å². The van der Waals surface area contributed by atoms with E-state index < -0.39 is 11.7 Å². The minimum atomic E-state index is -0.956. The van der Waals surface area contributed by atoms with Crippen LogP contribution in [0.2, 0.25) is 0 Å². The quantitative estimate of drug-likeness (QED) is 0.862. The highest BCUT2D eigenvalue weighted by Gasteiger charge is 2.14. The van der Waals surface area contributed by atoms with Crippen molar-refractivity contribution in [3.05, 3.63) is 51.5 Å². The molecular formula is C13H14N4O3. The van der Waals surface area contributed by atoms with Gasteiger partial charge in [-0.3, -0.25) is 9.36 Å². The van der Waals surface area contributed by atoms with E-state index in [9.17, 15) is 9.59 Å². The van der Waals surface area contributed by atoms with Crippen LogP contribution in [-0.4, -0.2) is 30.8 Å². The van der Waals surface area contributed by atoms with Gasteiger partial charge in [-0.05, 0) is 26.0 Å². The molecular weight excluding hydrogens is 260 g/mol. The van der Waals surface area contributed by atoms with E-state index in [1.165, 1.54) is 4.57 Å². The highest BCUT2D eigenvalue weighted by molar-refractivity contribution is 5.70. The third-order valence-corrected chi connectivity index (χ3v) is 3.05. The molecule has 2 rings (SSSR count). The molecule has 0 aliphatic heterocycles. The summed E-state index contributed by atoms with van der Waals surface area (Å²) >= 11 is 0. The van der Waals surface area contributed by atoms with Crippen molar-refractivity contribution >= 4 is 5.97 Å². The summed E-state index contributed by atoms with van der Waals surface area (Å²) in [6, 6.07) is 3.47. The first-order chi connectivity index (χ1) is 9.49. The Hall–Kier alpha value is -2.57. The number of nitrogens with zero attached hydrogens (tertiary/aromatic N) is 4. The fourth-order valence-electron chi connectivity index (χ4n) is 2.01. The van der Waals surface area contributed by atoms with Gasteiger partial charge in [-0.25, -0.2) is 4.79 Å². The van der Waals surface area contributed by atoms with E-state index in [-0.39, 0.29) is 13.0 Å². The summed E-state index contributed by atoms with van der Waals surface area (Å²) in [5.41, 5.74) is 1.80. The van der Waals surface area contributed by atoms with E-state index in [1.54, 1.807) is 32.2 Å². The minimum absolute atomic E-state index is 0.161. The molecule has 0 fully saturated rings. The summed E-state index contributed by atoms with van der Waals surface area (Å²) in [5.74, 6) is -0.956. The van der Waals surface area contributed by atoms with Crippen LogP contribution in [0.1, 0.15) is 22.6 Å². The van der Waals surface area contributed by atoms with E-state index in [0.717, 1.165) is 0 Å². The van der Waals surface area contributed by atoms with Crippen LogP contribution < -0.4 is 5.69 Å². The topological polar surface area (TPSA) is 98.0 Å². The lowest BCUT2D eigenvalue weighted by Crippen LogP contribution is -2.29. The maximum absolute atomic E-state index is 12.0. The summed E-state index contributed by atoms with van der Waals surface area (Å²) < 4.78 is 1.41. The average molecular weight is 274 g/mol. The monoisotopic (exact) mass is 274 g/mol. The zero-order valence-corrected chi connectivity index (χ0v) is 11.2. The summed E-state index contributed by atoms with van der Waals surface area (Å²) in [4.78, 5) is 26.7.